The Bertz CT molecular complexity index is 1980. The molecule has 0 amide bonds. The Morgan fingerprint density at radius 1 is 0.588 bits per heavy atom. The summed E-state index contributed by atoms with van der Waals surface area (Å²) >= 11 is 0. The van der Waals surface area contributed by atoms with Gasteiger partial charge in [-0.3, -0.25) is 4.98 Å². The normalized spacial score (nSPS) is 18.7. The van der Waals surface area contributed by atoms with Crippen LogP contribution in [0, 0.1) is 0 Å². The molecule has 0 N–H and O–H groups in total. The van der Waals surface area contributed by atoms with E-state index in [4.69, 9.17) is 14.3 Å². The highest BCUT2D eigenvalue weighted by molar-refractivity contribution is 6.65. The van der Waals surface area contributed by atoms with Crippen LogP contribution >= 0.6 is 0 Å². The summed E-state index contributed by atoms with van der Waals surface area (Å²) in [5.74, 6) is 0. The van der Waals surface area contributed by atoms with Crippen molar-refractivity contribution < 1.29 is 9.31 Å². The Morgan fingerprint density at radius 2 is 1.18 bits per heavy atom. The minimum absolute atomic E-state index is 0.280. The van der Waals surface area contributed by atoms with Gasteiger partial charge in [-0.15, -0.1) is 0 Å². The lowest BCUT2D eigenvalue weighted by molar-refractivity contribution is 0.00578. The summed E-state index contributed by atoms with van der Waals surface area (Å²) in [4.78, 5) is 5.18. The molecule has 7 rings (SSSR count). The molecule has 51 heavy (non-hydrogen) atoms. The molecule has 0 radical (unpaired) electrons. The van der Waals surface area contributed by atoms with Crippen molar-refractivity contribution in [1.82, 2.24) is 4.98 Å². The van der Waals surface area contributed by atoms with Gasteiger partial charge in [0.05, 0.1) is 16.9 Å². The molecule has 1 aliphatic heterocycles. The van der Waals surface area contributed by atoms with Crippen LogP contribution in [-0.4, -0.2) is 23.3 Å². The van der Waals surface area contributed by atoms with E-state index in [-0.39, 0.29) is 5.41 Å². The standard InChI is InChI=1S/C47H56BNO2/c1-8-10-12-14-20-33-28-34(21-15-13-11-9-2)30-36(29-33)47(7)41-25-19-18-22-37(41)38-27-26-35(31-42(38)47)44-40-24-17-16-23-39(40)43(32-49-44)48-50-45(3,4)46(5,6)51-48/h16-19,22-32H,8-15,20-21H2,1-7H3. The molecule has 1 aliphatic carbocycles. The van der Waals surface area contributed by atoms with Gasteiger partial charge in [-0.25, -0.2) is 0 Å². The maximum atomic E-state index is 6.51. The number of unbranched alkanes of at least 4 members (excludes halogenated alkanes) is 6. The van der Waals surface area contributed by atoms with Crippen LogP contribution in [-0.2, 0) is 27.6 Å². The maximum absolute atomic E-state index is 6.51. The minimum Gasteiger partial charge on any atom is -0.399 e. The first-order valence-electron chi connectivity index (χ1n) is 19.7. The first-order chi connectivity index (χ1) is 24.6. The molecule has 1 atom stereocenters. The van der Waals surface area contributed by atoms with Gasteiger partial charge < -0.3 is 9.31 Å². The Labute approximate surface area is 307 Å². The van der Waals surface area contributed by atoms with Crippen molar-refractivity contribution in [2.24, 2.45) is 0 Å². The van der Waals surface area contributed by atoms with E-state index in [1.807, 2.05) is 6.20 Å². The predicted molar refractivity (Wildman–Crippen MR) is 216 cm³/mol. The molecule has 5 aromatic rings. The fourth-order valence-electron chi connectivity index (χ4n) is 8.40. The van der Waals surface area contributed by atoms with Gasteiger partial charge in [0.25, 0.3) is 0 Å². The summed E-state index contributed by atoms with van der Waals surface area (Å²) in [7, 11) is -0.468. The van der Waals surface area contributed by atoms with Gasteiger partial charge in [0.2, 0.25) is 0 Å². The largest absolute Gasteiger partial charge is 0.497 e. The number of aromatic nitrogens is 1. The summed E-state index contributed by atoms with van der Waals surface area (Å²) in [5.41, 5.74) is 11.8. The number of pyridine rings is 1. The summed E-state index contributed by atoms with van der Waals surface area (Å²) in [6.45, 7) is 15.5. The Hall–Kier alpha value is -3.73. The third kappa shape index (κ3) is 6.60. The number of aryl methyl sites for hydroxylation is 2. The molecular weight excluding hydrogens is 621 g/mol. The molecule has 0 bridgehead atoms. The molecule has 2 aliphatic rings. The average Bonchev–Trinajstić information content (AvgIpc) is 3.52. The molecule has 264 valence electrons. The van der Waals surface area contributed by atoms with Crippen molar-refractivity contribution >= 4 is 23.4 Å². The van der Waals surface area contributed by atoms with Crippen LogP contribution < -0.4 is 5.46 Å². The van der Waals surface area contributed by atoms with Crippen molar-refractivity contribution in [1.29, 1.82) is 0 Å². The fourth-order valence-corrected chi connectivity index (χ4v) is 8.40. The highest BCUT2D eigenvalue weighted by Gasteiger charge is 2.52. The van der Waals surface area contributed by atoms with E-state index < -0.39 is 18.3 Å². The Morgan fingerprint density at radius 3 is 1.82 bits per heavy atom. The number of rotatable bonds is 13. The SMILES string of the molecule is CCCCCCc1cc(CCCCCC)cc(C2(C)c3ccccc3-c3ccc(-c4ncc(B5OC(C)(C)C(C)(C)O5)c5ccccc45)cc32)c1. The maximum Gasteiger partial charge on any atom is 0.497 e. The van der Waals surface area contributed by atoms with Crippen molar-refractivity contribution in [2.45, 2.75) is 129 Å². The number of hydrogen-bond acceptors (Lipinski definition) is 3. The van der Waals surface area contributed by atoms with Crippen LogP contribution in [0.3, 0.4) is 0 Å². The summed E-state index contributed by atoms with van der Waals surface area (Å²) in [6.07, 6.45) is 14.5. The first-order valence-corrected chi connectivity index (χ1v) is 19.7. The van der Waals surface area contributed by atoms with E-state index in [1.54, 1.807) is 0 Å². The van der Waals surface area contributed by atoms with Crippen LogP contribution in [0.4, 0.5) is 0 Å². The highest BCUT2D eigenvalue weighted by atomic mass is 16.7. The summed E-state index contributed by atoms with van der Waals surface area (Å²) < 4.78 is 13.0. The van der Waals surface area contributed by atoms with Crippen molar-refractivity contribution in [3.8, 4) is 22.4 Å². The van der Waals surface area contributed by atoms with Crippen LogP contribution in [0.1, 0.15) is 128 Å². The second-order valence-electron chi connectivity index (χ2n) is 16.3. The Kier molecular flexibility index (Phi) is 10.0. The smallest absolute Gasteiger partial charge is 0.399 e. The van der Waals surface area contributed by atoms with Crippen molar-refractivity contribution in [2.75, 3.05) is 0 Å². The van der Waals surface area contributed by atoms with Gasteiger partial charge in [0.15, 0.2) is 0 Å². The fraction of sp³-hybridized carbons (Fsp3) is 0.426. The lowest BCUT2D eigenvalue weighted by Crippen LogP contribution is -2.41. The molecule has 0 saturated carbocycles. The van der Waals surface area contributed by atoms with E-state index in [1.165, 1.54) is 90.3 Å². The zero-order valence-corrected chi connectivity index (χ0v) is 32.1. The van der Waals surface area contributed by atoms with Gasteiger partial charge in [-0.2, -0.15) is 0 Å². The van der Waals surface area contributed by atoms with Crippen molar-refractivity contribution in [3.63, 3.8) is 0 Å². The molecule has 0 spiro atoms. The molecule has 2 heterocycles. The van der Waals surface area contributed by atoms with Crippen LogP contribution in [0.25, 0.3) is 33.2 Å². The van der Waals surface area contributed by atoms with Crippen LogP contribution in [0.15, 0.2) is 91.1 Å². The van der Waals surface area contributed by atoms with Gasteiger partial charge in [-0.05, 0) is 111 Å². The molecule has 4 heteroatoms. The number of fused-ring (bicyclic) bond motifs is 4. The van der Waals surface area contributed by atoms with Gasteiger partial charge >= 0.3 is 7.12 Å². The summed E-state index contributed by atoms with van der Waals surface area (Å²) in [5, 5.41) is 2.24. The van der Waals surface area contributed by atoms with E-state index in [9.17, 15) is 0 Å². The third-order valence-corrected chi connectivity index (χ3v) is 12.2. The third-order valence-electron chi connectivity index (χ3n) is 12.2. The highest BCUT2D eigenvalue weighted by Crippen LogP contribution is 2.53. The van der Waals surface area contributed by atoms with E-state index in [0.29, 0.717) is 0 Å². The summed E-state index contributed by atoms with van der Waals surface area (Å²) in [6, 6.07) is 32.3. The van der Waals surface area contributed by atoms with Gasteiger partial charge in [-0.1, -0.05) is 131 Å². The second kappa shape index (κ2) is 14.4. The van der Waals surface area contributed by atoms with E-state index in [2.05, 4.69) is 133 Å². The molecule has 1 fully saturated rings. The molecular formula is C47H56BNO2. The lowest BCUT2D eigenvalue weighted by atomic mass is 9.72. The number of nitrogens with zero attached hydrogens (tertiary/aromatic N) is 1. The topological polar surface area (TPSA) is 31.4 Å². The van der Waals surface area contributed by atoms with Crippen LogP contribution in [0.2, 0.25) is 0 Å². The minimum atomic E-state index is -0.468. The monoisotopic (exact) mass is 677 g/mol. The molecule has 3 nitrogen and oxygen atoms in total. The van der Waals surface area contributed by atoms with Gasteiger partial charge in [0.1, 0.15) is 0 Å². The number of hydrogen-bond donors (Lipinski definition) is 0. The lowest BCUT2D eigenvalue weighted by Gasteiger charge is -2.32. The quantitative estimate of drug-likeness (QED) is 0.0918. The second-order valence-corrected chi connectivity index (χ2v) is 16.3. The molecule has 4 aromatic carbocycles. The number of benzene rings is 4. The van der Waals surface area contributed by atoms with Crippen molar-refractivity contribution in [3.05, 3.63) is 119 Å². The Balaban J connectivity index is 1.33. The first kappa shape index (κ1) is 35.7. The van der Waals surface area contributed by atoms with E-state index in [0.717, 1.165) is 40.3 Å². The predicted octanol–water partition coefficient (Wildman–Crippen LogP) is 11.8. The van der Waals surface area contributed by atoms with E-state index >= 15 is 0 Å². The van der Waals surface area contributed by atoms with Crippen LogP contribution in [0.5, 0.6) is 0 Å². The molecule has 1 saturated heterocycles. The average molecular weight is 678 g/mol. The van der Waals surface area contributed by atoms with Gasteiger partial charge in [0, 0.05) is 28.0 Å². The molecule has 1 aromatic heterocycles. The molecule has 1 unspecified atom stereocenters. The zero-order chi connectivity index (χ0) is 35.8. The zero-order valence-electron chi connectivity index (χ0n) is 32.1.